The first kappa shape index (κ1) is 51.7. The molecule has 4 N–H and O–H groups in total. The fourth-order valence-electron chi connectivity index (χ4n) is 6.59. The molecule has 0 aliphatic carbocycles. The molecule has 0 radical (unpaired) electrons. The number of nitrogens with zero attached hydrogens (tertiary/aromatic N) is 4. The summed E-state index contributed by atoms with van der Waals surface area (Å²) in [6.07, 6.45) is 3.03. The molecular formula is C39H39ClN6Na2O9PS-. The fourth-order valence-corrected chi connectivity index (χ4v) is 7.07. The summed E-state index contributed by atoms with van der Waals surface area (Å²) < 4.78 is 28.9. The number of benzene rings is 4. The Hall–Kier alpha value is -3.45. The Balaban J connectivity index is 0.000000648. The minimum Gasteiger partial charge on any atom is -0.870 e. The third kappa shape index (κ3) is 13.8. The number of urea groups is 1. The molecule has 5 aromatic rings. The smallest absolute Gasteiger partial charge is 0.870 e. The number of rotatable bonds is 9. The minimum absolute atomic E-state index is 0. The van der Waals surface area contributed by atoms with Gasteiger partial charge in [0, 0.05) is 42.2 Å². The van der Waals surface area contributed by atoms with Gasteiger partial charge in [-0.05, 0) is 75.6 Å². The summed E-state index contributed by atoms with van der Waals surface area (Å²) in [4.78, 5) is 57.0. The molecule has 1 unspecified atom stereocenters. The van der Waals surface area contributed by atoms with Gasteiger partial charge in [0.25, 0.3) is 0 Å². The molecule has 3 heterocycles. The van der Waals surface area contributed by atoms with Gasteiger partial charge >= 0.3 is 65.1 Å². The molecule has 7 rings (SSSR count). The first-order chi connectivity index (χ1) is 27.0. The van der Waals surface area contributed by atoms with Crippen LogP contribution in [-0.4, -0.2) is 93.8 Å². The summed E-state index contributed by atoms with van der Waals surface area (Å²) in [6, 6.07) is 28.9. The number of para-hydroxylation sites is 1. The molecule has 2 saturated heterocycles. The molecule has 4 amide bonds. The number of carbonyl (C=O) groups excluding carboxylic acids is 3. The zero-order chi connectivity index (χ0) is 40.2. The molecule has 59 heavy (non-hydrogen) atoms. The van der Waals surface area contributed by atoms with Crippen molar-refractivity contribution >= 4 is 60.1 Å². The van der Waals surface area contributed by atoms with E-state index in [4.69, 9.17) is 21.1 Å². The number of piperazine rings is 1. The summed E-state index contributed by atoms with van der Waals surface area (Å²) in [5.41, 5.74) is 3.63. The number of H-pyrrole nitrogens is 1. The van der Waals surface area contributed by atoms with Crippen LogP contribution >= 0.6 is 20.3 Å². The van der Waals surface area contributed by atoms with Crippen molar-refractivity contribution in [1.82, 2.24) is 30.1 Å². The van der Waals surface area contributed by atoms with Crippen LogP contribution in [0.4, 0.5) is 4.79 Å². The van der Waals surface area contributed by atoms with Crippen molar-refractivity contribution in [3.63, 3.8) is 0 Å². The second kappa shape index (κ2) is 25.4. The quantitative estimate of drug-likeness (QED) is 0.0679. The van der Waals surface area contributed by atoms with Gasteiger partial charge in [-0.25, -0.2) is 14.8 Å². The number of fused-ring (bicyclic) bond motifs is 2. The number of phenolic OH excluding ortho intramolecular Hbond substituents is 1. The van der Waals surface area contributed by atoms with Crippen LogP contribution in [0.3, 0.4) is 0 Å². The first-order valence-electron chi connectivity index (χ1n) is 17.2. The van der Waals surface area contributed by atoms with Crippen molar-refractivity contribution in [2.24, 2.45) is 0 Å². The first-order valence-corrected chi connectivity index (χ1v) is 19.4. The molecule has 20 heteroatoms. The summed E-state index contributed by atoms with van der Waals surface area (Å²) in [5, 5.41) is 17.7. The number of hydrogen-bond acceptors (Lipinski definition) is 10. The summed E-state index contributed by atoms with van der Waals surface area (Å²) >= 11 is 3.37. The Morgan fingerprint density at radius 3 is 2.27 bits per heavy atom. The molecule has 2 fully saturated rings. The molecule has 3 atom stereocenters. The van der Waals surface area contributed by atoms with Crippen LogP contribution in [0.1, 0.15) is 16.7 Å². The predicted octanol–water partition coefficient (Wildman–Crippen LogP) is -1.43. The number of phenols is 1. The molecule has 4 aromatic carbocycles. The predicted molar refractivity (Wildman–Crippen MR) is 210 cm³/mol. The van der Waals surface area contributed by atoms with Crippen LogP contribution in [0, 0.1) is 0 Å². The maximum atomic E-state index is 14.2. The van der Waals surface area contributed by atoms with E-state index in [1.165, 1.54) is 24.3 Å². The molecule has 0 saturated carbocycles. The van der Waals surface area contributed by atoms with Crippen LogP contribution in [-0.2, 0) is 44.7 Å². The zero-order valence-electron chi connectivity index (χ0n) is 32.3. The SMILES string of the molecule is C=CCN1CC(=O)N2[C@@H](Cc3ccc(O)cc3)C(=O)N(Cc3cccc4cc[nH]c34)C[C@@H]2N1C(=O)NCc1ccccc1.O=P[O-].O=S([O-])c1ccc(Cl)cc1.[Na+].[Na+].[OH-]. The molecule has 0 spiro atoms. The van der Waals surface area contributed by atoms with E-state index in [0.717, 1.165) is 27.6 Å². The summed E-state index contributed by atoms with van der Waals surface area (Å²) in [5.74, 6) is -0.307. The fraction of sp³-hybridized carbons (Fsp3) is 0.205. The molecular weight excluding hydrogens is 841 g/mol. The van der Waals surface area contributed by atoms with Gasteiger partial charge in [-0.3, -0.25) is 18.4 Å². The van der Waals surface area contributed by atoms with E-state index < -0.39 is 32.0 Å². The average Bonchev–Trinajstić information content (AvgIpc) is 3.68. The van der Waals surface area contributed by atoms with Gasteiger partial charge < -0.3 is 40.1 Å². The van der Waals surface area contributed by atoms with Crippen molar-refractivity contribution in [1.29, 1.82) is 0 Å². The van der Waals surface area contributed by atoms with Gasteiger partial charge in [0.15, 0.2) is 0 Å². The Labute approximate surface area is 394 Å². The molecule has 2 aliphatic heterocycles. The van der Waals surface area contributed by atoms with Gasteiger partial charge in [0.1, 0.15) is 18.0 Å². The van der Waals surface area contributed by atoms with Crippen LogP contribution in [0.25, 0.3) is 10.9 Å². The average molecular weight is 880 g/mol. The molecule has 2 aliphatic rings. The van der Waals surface area contributed by atoms with Gasteiger partial charge in [-0.1, -0.05) is 78.3 Å². The van der Waals surface area contributed by atoms with Crippen molar-refractivity contribution in [2.45, 2.75) is 36.6 Å². The Bertz CT molecular complexity index is 2170. The number of nitrogens with one attached hydrogen (secondary N) is 2. The summed E-state index contributed by atoms with van der Waals surface area (Å²) in [7, 11) is -1.08. The normalized spacial score (nSPS) is 16.4. The molecule has 15 nitrogen and oxygen atoms in total. The van der Waals surface area contributed by atoms with Crippen molar-refractivity contribution < 1.29 is 102 Å². The number of amides is 4. The van der Waals surface area contributed by atoms with Gasteiger partial charge in [-0.15, -0.1) is 6.58 Å². The second-order valence-electron chi connectivity index (χ2n) is 12.6. The van der Waals surface area contributed by atoms with Crippen molar-refractivity contribution in [3.8, 4) is 5.75 Å². The van der Waals surface area contributed by atoms with E-state index in [-0.39, 0.29) is 119 Å². The number of hydrazine groups is 1. The Morgan fingerprint density at radius 1 is 0.983 bits per heavy atom. The van der Waals surface area contributed by atoms with E-state index in [0.29, 0.717) is 18.1 Å². The van der Waals surface area contributed by atoms with Crippen LogP contribution < -0.4 is 69.3 Å². The van der Waals surface area contributed by atoms with E-state index in [2.05, 4.69) is 16.9 Å². The number of aromatic hydroxyl groups is 1. The van der Waals surface area contributed by atoms with Gasteiger partial charge in [0.05, 0.1) is 27.3 Å². The molecule has 0 bridgehead atoms. The van der Waals surface area contributed by atoms with Crippen molar-refractivity contribution in [2.75, 3.05) is 19.6 Å². The number of aromatic amines is 1. The number of carbonyl (C=O) groups is 3. The van der Waals surface area contributed by atoms with Crippen LogP contribution in [0.5, 0.6) is 5.75 Å². The minimum atomic E-state index is -2.15. The van der Waals surface area contributed by atoms with E-state index >= 15 is 0 Å². The Kier molecular flexibility index (Phi) is 22.2. The third-order valence-corrected chi connectivity index (χ3v) is 9.98. The summed E-state index contributed by atoms with van der Waals surface area (Å²) in [6.45, 7) is 4.82. The van der Waals surface area contributed by atoms with E-state index in [1.54, 1.807) is 50.2 Å². The number of halogens is 1. The molecule has 1 aromatic heterocycles. The monoisotopic (exact) mass is 879 g/mol. The maximum Gasteiger partial charge on any atom is 1.00 e. The second-order valence-corrected chi connectivity index (χ2v) is 14.2. The number of aromatic nitrogens is 1. The third-order valence-electron chi connectivity index (χ3n) is 9.07. The van der Waals surface area contributed by atoms with Gasteiger partial charge in [-0.2, -0.15) is 0 Å². The standard InChI is InChI=1S/C33H34N6O4.C6H5ClO2S.2Na.HO2P.H2O/c1-2-17-37-22-30(41)38-28(18-23-11-13-27(40)14-12-23)32(42)36(20-26-10-6-9-25-15-16-34-31(25)26)21-29(38)39(37)33(43)35-19-24-7-4-3-5-8-24;7-5-1-3-6(4-2-5)10(8)9;;;1-3-2;/h2-16,28-29,34,40H,1,17-22H2,(H,35,43);1-4H,(H,8,9);;;(H,1,2);1H2/q;;2*+1;;/p-3/t28-,29-;;;;;/m0...../s1. The Morgan fingerprint density at radius 2 is 1.64 bits per heavy atom. The van der Waals surface area contributed by atoms with E-state index in [1.807, 2.05) is 60.8 Å². The maximum absolute atomic E-state index is 14.2. The molecule has 300 valence electrons. The zero-order valence-corrected chi connectivity index (χ0v) is 38.8. The number of hydrogen-bond donors (Lipinski definition) is 3. The van der Waals surface area contributed by atoms with Gasteiger partial charge in [0.2, 0.25) is 11.8 Å². The largest absolute Gasteiger partial charge is 1.00 e. The topological polar surface area (TPSA) is 222 Å². The van der Waals surface area contributed by atoms with Crippen molar-refractivity contribution in [3.05, 3.63) is 144 Å². The van der Waals surface area contributed by atoms with Crippen LogP contribution in [0.15, 0.2) is 127 Å². The van der Waals surface area contributed by atoms with E-state index in [9.17, 15) is 28.3 Å². The van der Waals surface area contributed by atoms with Crippen LogP contribution in [0.2, 0.25) is 5.02 Å².